The number of nitrogens with one attached hydrogen (secondary N) is 1. The van der Waals surface area contributed by atoms with E-state index in [1.807, 2.05) is 12.2 Å². The van der Waals surface area contributed by atoms with Gasteiger partial charge in [0, 0.05) is 10.9 Å². The van der Waals surface area contributed by atoms with Gasteiger partial charge in [-0.05, 0) is 44.4 Å². The van der Waals surface area contributed by atoms with Gasteiger partial charge in [-0.1, -0.05) is 24.3 Å². The van der Waals surface area contributed by atoms with E-state index in [0.717, 1.165) is 21.8 Å². The summed E-state index contributed by atoms with van der Waals surface area (Å²) in [6, 6.07) is 5.91. The third-order valence-corrected chi connectivity index (χ3v) is 7.44. The number of nitrogens with zero attached hydrogens (tertiary/aromatic N) is 1. The second-order valence-electron chi connectivity index (χ2n) is 8.84. The number of carbonyl (C=O) groups is 5. The highest BCUT2D eigenvalue weighted by atomic mass is 32.1. The summed E-state index contributed by atoms with van der Waals surface area (Å²) < 4.78 is 15.5. The number of esters is 2. The van der Waals surface area contributed by atoms with E-state index in [4.69, 9.17) is 14.2 Å². The summed E-state index contributed by atoms with van der Waals surface area (Å²) in [7, 11) is 1.55. The number of methoxy groups -OCH3 is 1. The fourth-order valence-corrected chi connectivity index (χ4v) is 5.55. The molecule has 1 aliphatic carbocycles. The molecule has 3 amide bonds. The number of anilines is 1. The zero-order valence-electron chi connectivity index (χ0n) is 21.2. The Kier molecular flexibility index (Phi) is 8.26. The molecule has 0 spiro atoms. The highest BCUT2D eigenvalue weighted by Gasteiger charge is 2.50. The lowest BCUT2D eigenvalue weighted by atomic mass is 9.85. The standard InChI is InChI=1S/C27H28N2O8S/c1-4-36-27(34)22-20(16-9-11-17(35-3)12-10-16)14-38-23(22)28-21(30)13-37-26(33)15(2)29-24(31)18-7-5-6-8-19(18)25(29)32/h5-6,9-12,14-15,18-19H,4,7-8,13H2,1-3H3,(H,28,30)/t15-,18?,19?/m0/s1. The number of fused-ring (bicyclic) bond motifs is 1. The molecule has 1 fully saturated rings. The van der Waals surface area contributed by atoms with Crippen LogP contribution in [0.3, 0.4) is 0 Å². The minimum absolute atomic E-state index is 0.144. The first-order chi connectivity index (χ1) is 18.3. The molecular formula is C27H28N2O8S. The lowest BCUT2D eigenvalue weighted by Crippen LogP contribution is -2.45. The lowest BCUT2D eigenvalue weighted by molar-refractivity contribution is -0.159. The first kappa shape index (κ1) is 27.1. The highest BCUT2D eigenvalue weighted by Crippen LogP contribution is 2.38. The van der Waals surface area contributed by atoms with Gasteiger partial charge in [-0.15, -0.1) is 11.3 Å². The molecule has 0 saturated carbocycles. The summed E-state index contributed by atoms with van der Waals surface area (Å²) in [6.45, 7) is 2.56. The van der Waals surface area contributed by atoms with Crippen molar-refractivity contribution in [2.45, 2.75) is 32.7 Å². The van der Waals surface area contributed by atoms with Crippen molar-refractivity contribution in [1.29, 1.82) is 0 Å². The second kappa shape index (κ2) is 11.6. The fourth-order valence-electron chi connectivity index (χ4n) is 4.57. The van der Waals surface area contributed by atoms with Crippen molar-refractivity contribution in [3.63, 3.8) is 0 Å². The molecule has 11 heteroatoms. The Morgan fingerprint density at radius 2 is 1.68 bits per heavy atom. The SMILES string of the molecule is CCOC(=O)c1c(-c2ccc(OC)cc2)csc1NC(=O)COC(=O)[C@H](C)N1C(=O)C2CC=CCC2C1=O. The Morgan fingerprint density at radius 1 is 1.05 bits per heavy atom. The van der Waals surface area contributed by atoms with Gasteiger partial charge in [0.2, 0.25) is 11.8 Å². The number of hydrogen-bond donors (Lipinski definition) is 1. The molecule has 2 heterocycles. The maximum absolute atomic E-state index is 12.7. The Bertz CT molecular complexity index is 1260. The zero-order valence-corrected chi connectivity index (χ0v) is 22.0. The summed E-state index contributed by atoms with van der Waals surface area (Å²) >= 11 is 1.13. The molecule has 10 nitrogen and oxygen atoms in total. The number of amides is 3. The third-order valence-electron chi connectivity index (χ3n) is 6.54. The number of benzene rings is 1. The molecule has 2 aromatic rings. The smallest absolute Gasteiger partial charge is 0.341 e. The van der Waals surface area contributed by atoms with Crippen LogP contribution in [0, 0.1) is 11.8 Å². The van der Waals surface area contributed by atoms with E-state index >= 15 is 0 Å². The van der Waals surface area contributed by atoms with Crippen molar-refractivity contribution in [2.75, 3.05) is 25.6 Å². The van der Waals surface area contributed by atoms with E-state index in [0.29, 0.717) is 24.2 Å². The predicted molar refractivity (Wildman–Crippen MR) is 139 cm³/mol. The van der Waals surface area contributed by atoms with Gasteiger partial charge in [0.1, 0.15) is 22.4 Å². The van der Waals surface area contributed by atoms with Crippen LogP contribution in [0.2, 0.25) is 0 Å². The molecule has 0 radical (unpaired) electrons. The van der Waals surface area contributed by atoms with Gasteiger partial charge >= 0.3 is 11.9 Å². The Labute approximate surface area is 223 Å². The van der Waals surface area contributed by atoms with Crippen molar-refractivity contribution in [3.05, 3.63) is 47.4 Å². The fraction of sp³-hybridized carbons (Fsp3) is 0.370. The van der Waals surface area contributed by atoms with Crippen molar-refractivity contribution >= 4 is 46.0 Å². The largest absolute Gasteiger partial charge is 0.497 e. The Balaban J connectivity index is 1.42. The molecule has 0 bridgehead atoms. The van der Waals surface area contributed by atoms with Gasteiger partial charge in [-0.2, -0.15) is 0 Å². The molecule has 1 aromatic carbocycles. The van der Waals surface area contributed by atoms with Crippen LogP contribution < -0.4 is 10.1 Å². The normalized spacial score (nSPS) is 19.1. The number of ether oxygens (including phenoxy) is 3. The van der Waals surface area contributed by atoms with Crippen LogP contribution in [0.25, 0.3) is 11.1 Å². The van der Waals surface area contributed by atoms with E-state index in [1.54, 1.807) is 43.7 Å². The number of likely N-dealkylation sites (tertiary alicyclic amines) is 1. The summed E-state index contributed by atoms with van der Waals surface area (Å²) in [5.74, 6) is -3.25. The van der Waals surface area contributed by atoms with Crippen molar-refractivity contribution in [1.82, 2.24) is 4.90 Å². The van der Waals surface area contributed by atoms with E-state index in [-0.39, 0.29) is 17.2 Å². The molecule has 3 atom stereocenters. The Morgan fingerprint density at radius 3 is 2.26 bits per heavy atom. The maximum atomic E-state index is 12.7. The molecule has 1 aliphatic heterocycles. The second-order valence-corrected chi connectivity index (χ2v) is 9.72. The molecule has 200 valence electrons. The average Bonchev–Trinajstić information content (AvgIpc) is 3.45. The van der Waals surface area contributed by atoms with Crippen LogP contribution in [0.4, 0.5) is 5.00 Å². The summed E-state index contributed by atoms with van der Waals surface area (Å²) in [4.78, 5) is 64.4. The number of thiophene rings is 1. The third kappa shape index (κ3) is 5.33. The van der Waals surface area contributed by atoms with Gasteiger partial charge in [0.25, 0.3) is 5.91 Å². The van der Waals surface area contributed by atoms with Gasteiger partial charge in [-0.25, -0.2) is 9.59 Å². The average molecular weight is 541 g/mol. The predicted octanol–water partition coefficient (Wildman–Crippen LogP) is 3.42. The summed E-state index contributed by atoms with van der Waals surface area (Å²) in [6.07, 6.45) is 4.63. The Hall–Kier alpha value is -3.99. The highest BCUT2D eigenvalue weighted by molar-refractivity contribution is 7.15. The van der Waals surface area contributed by atoms with E-state index in [9.17, 15) is 24.0 Å². The minimum atomic E-state index is -1.16. The lowest BCUT2D eigenvalue weighted by Gasteiger charge is -2.21. The number of allylic oxidation sites excluding steroid dienone is 2. The number of hydrogen-bond acceptors (Lipinski definition) is 9. The first-order valence-electron chi connectivity index (χ1n) is 12.2. The zero-order chi connectivity index (χ0) is 27.4. The summed E-state index contributed by atoms with van der Waals surface area (Å²) in [5, 5.41) is 4.57. The number of imide groups is 1. The summed E-state index contributed by atoms with van der Waals surface area (Å²) in [5.41, 5.74) is 1.47. The molecular weight excluding hydrogens is 512 g/mol. The maximum Gasteiger partial charge on any atom is 0.341 e. The first-order valence-corrected chi connectivity index (χ1v) is 13.1. The van der Waals surface area contributed by atoms with Crippen LogP contribution in [0.1, 0.15) is 37.0 Å². The van der Waals surface area contributed by atoms with E-state index in [2.05, 4.69) is 5.32 Å². The molecule has 2 aliphatic rings. The van der Waals surface area contributed by atoms with Crippen LogP contribution in [0.15, 0.2) is 41.8 Å². The topological polar surface area (TPSA) is 128 Å². The van der Waals surface area contributed by atoms with Gasteiger partial charge in [0.05, 0.1) is 25.6 Å². The van der Waals surface area contributed by atoms with Crippen LogP contribution in [-0.4, -0.2) is 60.9 Å². The number of rotatable bonds is 9. The van der Waals surface area contributed by atoms with E-state index in [1.165, 1.54) is 6.92 Å². The van der Waals surface area contributed by atoms with Crippen molar-refractivity contribution < 1.29 is 38.2 Å². The number of carbonyl (C=O) groups excluding carboxylic acids is 5. The van der Waals surface area contributed by atoms with Crippen LogP contribution in [-0.2, 0) is 28.7 Å². The van der Waals surface area contributed by atoms with Crippen LogP contribution >= 0.6 is 11.3 Å². The van der Waals surface area contributed by atoms with Crippen molar-refractivity contribution in [2.24, 2.45) is 11.8 Å². The molecule has 1 N–H and O–H groups in total. The van der Waals surface area contributed by atoms with Gasteiger partial charge < -0.3 is 19.5 Å². The van der Waals surface area contributed by atoms with Gasteiger partial charge in [0.15, 0.2) is 6.61 Å². The van der Waals surface area contributed by atoms with Crippen molar-refractivity contribution in [3.8, 4) is 16.9 Å². The molecule has 4 rings (SSSR count). The van der Waals surface area contributed by atoms with E-state index < -0.39 is 54.1 Å². The molecule has 1 aromatic heterocycles. The molecule has 2 unspecified atom stereocenters. The molecule has 1 saturated heterocycles. The van der Waals surface area contributed by atoms with Gasteiger partial charge in [-0.3, -0.25) is 19.3 Å². The minimum Gasteiger partial charge on any atom is -0.497 e. The van der Waals surface area contributed by atoms with Crippen LogP contribution in [0.5, 0.6) is 5.75 Å². The quantitative estimate of drug-likeness (QED) is 0.291. The molecule has 38 heavy (non-hydrogen) atoms. The monoisotopic (exact) mass is 540 g/mol.